The number of carbonyl (C=O) groups is 11. The fraction of sp³-hybridized carbons (Fsp3) is 0.451. The summed E-state index contributed by atoms with van der Waals surface area (Å²) in [4.78, 5) is 161. The zero-order chi connectivity index (χ0) is 74.6. The van der Waals surface area contributed by atoms with E-state index in [0.29, 0.717) is 23.1 Å². The van der Waals surface area contributed by atoms with E-state index in [-0.39, 0.29) is 101 Å². The molecule has 11 amide bonds. The van der Waals surface area contributed by atoms with E-state index in [1.54, 1.807) is 26.0 Å². The van der Waals surface area contributed by atoms with E-state index in [9.17, 15) is 73.2 Å². The summed E-state index contributed by atoms with van der Waals surface area (Å²) in [5, 5.41) is 71.3. The predicted molar refractivity (Wildman–Crippen MR) is 378 cm³/mol. The van der Waals surface area contributed by atoms with Gasteiger partial charge < -0.3 is 90.4 Å². The SMILES string of the molecule is CC(=O)N[C@H](Cc1ccc2ccccc2c1)C(=O)N[C@H](Cc1ccc(C)cc1)C(O)N[C@H](Cc1cccnc1)C(=O)N[C@@H](CO)C(=O)N[C@@H](Cc1ccc(O)cc1)C(=O)N[C@H](CCCNC(N)=O)C(=O)N[C@@H](CC(C)C)C(=O)N[C@@H](CCCN=C(N)N)C(=O)N1CCC[C@H]1C(=O)N[C@H](C)C(=O)O. The van der Waals surface area contributed by atoms with Crippen molar-refractivity contribution in [2.75, 3.05) is 26.2 Å². The molecule has 1 aliphatic heterocycles. The zero-order valence-corrected chi connectivity index (χ0v) is 57.9. The van der Waals surface area contributed by atoms with Crippen LogP contribution in [0.15, 0.2) is 121 Å². The molecule has 102 heavy (non-hydrogen) atoms. The number of phenolic OH excluding ortho intramolecular Hbond substituents is 1. The molecule has 11 atom stereocenters. The fourth-order valence-corrected chi connectivity index (χ4v) is 11.6. The Kier molecular flexibility index (Phi) is 31.3. The number of carboxylic acid groups (broad SMARTS) is 1. The first-order valence-corrected chi connectivity index (χ1v) is 33.8. The number of benzene rings is 4. The van der Waals surface area contributed by atoms with Gasteiger partial charge in [0.1, 0.15) is 60.3 Å². The lowest BCUT2D eigenvalue weighted by molar-refractivity contribution is -0.144. The lowest BCUT2D eigenvalue weighted by Gasteiger charge is -2.31. The fourth-order valence-electron chi connectivity index (χ4n) is 11.6. The van der Waals surface area contributed by atoms with E-state index in [1.807, 2.05) is 73.7 Å². The van der Waals surface area contributed by atoms with Gasteiger partial charge in [0.05, 0.1) is 18.7 Å². The molecule has 550 valence electrons. The number of aryl methyl sites for hydroxylation is 1. The molecule has 31 heteroatoms. The van der Waals surface area contributed by atoms with Crippen LogP contribution < -0.4 is 70.4 Å². The largest absolute Gasteiger partial charge is 0.508 e. The number of aliphatic hydroxyl groups is 2. The molecule has 1 aromatic heterocycles. The number of rotatable bonds is 39. The molecule has 0 saturated carbocycles. The first-order chi connectivity index (χ1) is 48.6. The number of guanidine groups is 1. The van der Waals surface area contributed by atoms with Crippen LogP contribution in [0.3, 0.4) is 0 Å². The molecule has 20 N–H and O–H groups in total. The number of carbonyl (C=O) groups excluding carboxylic acids is 10. The number of pyridine rings is 1. The molecule has 1 aliphatic rings. The molecule has 0 aliphatic carbocycles. The summed E-state index contributed by atoms with van der Waals surface area (Å²) < 4.78 is 0. The minimum Gasteiger partial charge on any atom is -0.508 e. The Morgan fingerprint density at radius 3 is 1.81 bits per heavy atom. The molecule has 1 fully saturated rings. The Morgan fingerprint density at radius 1 is 0.608 bits per heavy atom. The number of nitrogens with zero attached hydrogens (tertiary/aromatic N) is 3. The molecule has 6 rings (SSSR count). The van der Waals surface area contributed by atoms with E-state index >= 15 is 0 Å². The minimum atomic E-state index is -1.81. The van der Waals surface area contributed by atoms with Gasteiger partial charge in [-0.15, -0.1) is 0 Å². The summed E-state index contributed by atoms with van der Waals surface area (Å²) in [5.41, 5.74) is 19.7. The standard InChI is InChI=1S/C71H96N16O15/c1-40(2)32-53(61(92)81-52(16-10-29-76-70(72)73)68(99)87-31-11-17-59(87)67(98)78-42(4)69(100)101)82-60(91)51(15-9-30-77-71(74)102)80-63(94)55(35-45-23-26-50(90)27-24-45)85-66(97)58(39-88)86-65(96)57(37-47-12-8-28-75-38-47)84-64(95)56(34-44-20-18-41(3)19-21-44)83-62(93)54(79-43(5)89)36-46-22-25-48-13-6-7-14-49(48)33-46/h6-8,12-14,18-28,33,38,40,42,51-59,64,84,88,90,95H,9-11,15-17,29-32,34-37,39H2,1-5H3,(H,78,98)(H,79,89)(H,80,94)(H,81,92)(H,82,91)(H,83,93)(H,85,97)(H,86,96)(H,100,101)(H4,72,73,76)(H3,74,77,102)/t42-,51-,52+,53+,54-,55+,56-,57-,58+,59+,64?/m1/s1. The van der Waals surface area contributed by atoms with Crippen molar-refractivity contribution in [3.05, 3.63) is 143 Å². The van der Waals surface area contributed by atoms with Crippen molar-refractivity contribution in [2.45, 2.75) is 172 Å². The van der Waals surface area contributed by atoms with Crippen molar-refractivity contribution in [3.8, 4) is 5.75 Å². The van der Waals surface area contributed by atoms with E-state index in [2.05, 4.69) is 63.1 Å². The predicted octanol–water partition coefficient (Wildman–Crippen LogP) is -0.670. The van der Waals surface area contributed by atoms with E-state index in [1.165, 1.54) is 55.4 Å². The topological polar surface area (TPSA) is 496 Å². The summed E-state index contributed by atoms with van der Waals surface area (Å²) in [6, 6.07) is 14.8. The van der Waals surface area contributed by atoms with Crippen LogP contribution in [0, 0.1) is 12.8 Å². The number of nitrogens with two attached hydrogens (primary N) is 3. The van der Waals surface area contributed by atoms with Crippen LogP contribution in [-0.4, -0.2) is 194 Å². The van der Waals surface area contributed by atoms with Crippen LogP contribution in [0.1, 0.15) is 100 Å². The molecule has 0 spiro atoms. The van der Waals surface area contributed by atoms with Gasteiger partial charge in [-0.1, -0.05) is 104 Å². The summed E-state index contributed by atoms with van der Waals surface area (Å²) >= 11 is 0. The molecule has 4 aromatic carbocycles. The molecule has 1 saturated heterocycles. The van der Waals surface area contributed by atoms with Gasteiger partial charge in [-0.25, -0.2) is 4.79 Å². The summed E-state index contributed by atoms with van der Waals surface area (Å²) in [7, 11) is 0. The highest BCUT2D eigenvalue weighted by Gasteiger charge is 2.40. The monoisotopic (exact) mass is 1410 g/mol. The smallest absolute Gasteiger partial charge is 0.325 e. The number of aliphatic carboxylic acids is 1. The summed E-state index contributed by atoms with van der Waals surface area (Å²) in [6.45, 7) is 6.94. The van der Waals surface area contributed by atoms with Gasteiger partial charge in [0, 0.05) is 51.8 Å². The van der Waals surface area contributed by atoms with Crippen LogP contribution >= 0.6 is 0 Å². The number of amides is 11. The van der Waals surface area contributed by atoms with E-state index in [0.717, 1.165) is 21.9 Å². The number of nitrogens with one attached hydrogen (secondary N) is 10. The van der Waals surface area contributed by atoms with E-state index < -0.39 is 138 Å². The number of aliphatic hydroxyl groups excluding tert-OH is 2. The Bertz CT molecular complexity index is 3710. The van der Waals surface area contributed by atoms with Crippen LogP contribution in [0.25, 0.3) is 10.8 Å². The maximum atomic E-state index is 14.9. The maximum Gasteiger partial charge on any atom is 0.325 e. The molecule has 0 bridgehead atoms. The average Bonchev–Trinajstić information content (AvgIpc) is 1.13. The second kappa shape index (κ2) is 39.9. The van der Waals surface area contributed by atoms with Crippen molar-refractivity contribution >= 4 is 81.9 Å². The highest BCUT2D eigenvalue weighted by Crippen LogP contribution is 2.22. The number of urea groups is 1. The molecule has 2 heterocycles. The van der Waals surface area contributed by atoms with Crippen LogP contribution in [-0.2, 0) is 73.6 Å². The molecular weight excluding hydrogens is 1320 g/mol. The Labute approximate surface area is 591 Å². The highest BCUT2D eigenvalue weighted by atomic mass is 16.4. The third kappa shape index (κ3) is 26.1. The minimum absolute atomic E-state index is 0.00380. The average molecular weight is 1410 g/mol. The Balaban J connectivity index is 1.25. The van der Waals surface area contributed by atoms with Crippen molar-refractivity contribution < 1.29 is 73.2 Å². The molecule has 0 radical (unpaired) electrons. The number of phenols is 1. The zero-order valence-electron chi connectivity index (χ0n) is 57.9. The van der Waals surface area contributed by atoms with Gasteiger partial charge in [-0.05, 0) is 129 Å². The summed E-state index contributed by atoms with van der Waals surface area (Å²) in [5.74, 6) is -9.31. The second-order valence-electron chi connectivity index (χ2n) is 25.8. The van der Waals surface area contributed by atoms with Crippen molar-refractivity contribution in [3.63, 3.8) is 0 Å². The number of carboxylic acids is 1. The second-order valence-corrected chi connectivity index (χ2v) is 25.8. The van der Waals surface area contributed by atoms with Gasteiger partial charge in [0.25, 0.3) is 0 Å². The number of aliphatic imine (C=N–C) groups is 1. The van der Waals surface area contributed by atoms with Gasteiger partial charge in [0.2, 0.25) is 53.2 Å². The lowest BCUT2D eigenvalue weighted by Crippen LogP contribution is -2.62. The van der Waals surface area contributed by atoms with E-state index in [4.69, 9.17) is 17.2 Å². The van der Waals surface area contributed by atoms with Gasteiger partial charge in [-0.3, -0.25) is 63.2 Å². The van der Waals surface area contributed by atoms with Gasteiger partial charge in [-0.2, -0.15) is 0 Å². The number of primary amides is 1. The summed E-state index contributed by atoms with van der Waals surface area (Å²) in [6.07, 6.45) is 1.25. The number of hydrogen-bond donors (Lipinski definition) is 17. The molecule has 1 unspecified atom stereocenters. The molecular formula is C71H96N16O15. The first kappa shape index (κ1) is 80.2. The highest BCUT2D eigenvalue weighted by molar-refractivity contribution is 5.98. The van der Waals surface area contributed by atoms with Crippen molar-refractivity contribution in [2.24, 2.45) is 28.1 Å². The van der Waals surface area contributed by atoms with Gasteiger partial charge in [0.15, 0.2) is 5.96 Å². The lowest BCUT2D eigenvalue weighted by atomic mass is 9.99. The number of fused-ring (bicyclic) bond motifs is 1. The van der Waals surface area contributed by atoms with Crippen molar-refractivity contribution in [1.29, 1.82) is 0 Å². The number of aromatic hydroxyl groups is 1. The normalized spacial score (nSPS) is 15.6. The third-order valence-corrected chi connectivity index (χ3v) is 17.0. The van der Waals surface area contributed by atoms with Crippen LogP contribution in [0.5, 0.6) is 5.75 Å². The Morgan fingerprint density at radius 2 is 1.17 bits per heavy atom. The quantitative estimate of drug-likeness (QED) is 0.0100. The maximum absolute atomic E-state index is 14.9. The molecule has 5 aromatic rings. The number of aromatic nitrogens is 1. The van der Waals surface area contributed by atoms with Gasteiger partial charge >= 0.3 is 12.0 Å². The third-order valence-electron chi connectivity index (χ3n) is 17.0. The first-order valence-electron chi connectivity index (χ1n) is 33.8. The number of hydrogen-bond acceptors (Lipinski definition) is 17. The number of likely N-dealkylation sites (tertiary alicyclic amines) is 1. The van der Waals surface area contributed by atoms with Crippen molar-refractivity contribution in [1.82, 2.24) is 63.1 Å². The van der Waals surface area contributed by atoms with Crippen LogP contribution in [0.2, 0.25) is 0 Å². The molecule has 31 nitrogen and oxygen atoms in total. The van der Waals surface area contributed by atoms with Crippen LogP contribution in [0.4, 0.5) is 4.79 Å². The Hall–Kier alpha value is -10.8.